The molecule has 4 N–H and O–H groups in total. The third-order valence-electron chi connectivity index (χ3n) is 3.21. The lowest BCUT2D eigenvalue weighted by Crippen LogP contribution is -2.14. The Bertz CT molecular complexity index is 1670. The fourth-order valence-electron chi connectivity index (χ4n) is 1.90. The van der Waals surface area contributed by atoms with Gasteiger partial charge in [-0.3, -0.25) is 4.79 Å². The molecule has 2 aromatic carbocycles. The highest BCUT2D eigenvalue weighted by Gasteiger charge is 2.08. The van der Waals surface area contributed by atoms with Gasteiger partial charge in [-0.05, 0) is 49.3 Å². The molecule has 0 unspecified atom stereocenters. The zero-order valence-corrected chi connectivity index (χ0v) is 15.9. The summed E-state index contributed by atoms with van der Waals surface area (Å²) in [6.07, 6.45) is -17.2. The van der Waals surface area contributed by atoms with Gasteiger partial charge in [0, 0.05) is 22.0 Å². The van der Waals surface area contributed by atoms with E-state index in [0.717, 1.165) is 0 Å². The Morgan fingerprint density at radius 1 is 1.28 bits per heavy atom. The maximum Gasteiger partial charge on any atom is 0.230 e. The number of nitrogens with one attached hydrogen (secondary N) is 1. The number of hydrogen-bond donors (Lipinski definition) is 3. The molecule has 0 fully saturated rings. The molecular weight excluding hydrogens is 382 g/mol. The highest BCUT2D eigenvalue weighted by molar-refractivity contribution is 7.13. The largest absolute Gasteiger partial charge is 0.388 e. The Labute approximate surface area is 199 Å². The first-order valence-electron chi connectivity index (χ1n) is 16.6. The van der Waals surface area contributed by atoms with Gasteiger partial charge in [0.25, 0.3) is 0 Å². The smallest absolute Gasteiger partial charge is 0.230 e. The predicted molar refractivity (Wildman–Crippen MR) is 119 cm³/mol. The standard InChI is InChI=1S/C23H27N3O2S/c1-16-6-10-18(11-7-16)21(27)5-3-2-4-17-8-12-19(13-9-17)25-22(28)14-20-15-29-23(24)26-20/h6-13,15,21,27H,2-5,14H2,1H3,(H2,24,26)(H,25,28)/t21-/m0/s1/i2D2,4D2,5D2,6D,7D,8D,9D,10D,11D,12D,13D,14D2,15D. The van der Waals surface area contributed by atoms with Crippen LogP contribution in [0.15, 0.2) is 53.7 Å². The van der Waals surface area contributed by atoms with Crippen molar-refractivity contribution in [1.82, 2.24) is 4.98 Å². The second-order valence-electron chi connectivity index (χ2n) is 5.46. The Morgan fingerprint density at radius 3 is 2.66 bits per heavy atom. The van der Waals surface area contributed by atoms with Crippen LogP contribution in [0.1, 0.15) is 71.0 Å². The minimum atomic E-state index is -3.53. The summed E-state index contributed by atoms with van der Waals surface area (Å²) in [4.78, 5) is 16.4. The molecule has 152 valence electrons. The van der Waals surface area contributed by atoms with Gasteiger partial charge >= 0.3 is 0 Å². The predicted octanol–water partition coefficient (Wildman–Crippen LogP) is 4.66. The highest BCUT2D eigenvalue weighted by Crippen LogP contribution is 2.21. The summed E-state index contributed by atoms with van der Waals surface area (Å²) in [6.45, 7) is 1.27. The number of carbonyl (C=O) groups excluding carboxylic acids is 1. The Balaban J connectivity index is 2.05. The fraction of sp³-hybridized carbons (Fsp3) is 0.304. The summed E-state index contributed by atoms with van der Waals surface area (Å²) >= 11 is 0.570. The van der Waals surface area contributed by atoms with E-state index in [1.807, 2.05) is 5.32 Å². The quantitative estimate of drug-likeness (QED) is 0.464. The molecule has 0 saturated carbocycles. The lowest BCUT2D eigenvalue weighted by Gasteiger charge is -2.11. The van der Waals surface area contributed by atoms with E-state index in [-0.39, 0.29) is 10.7 Å². The topological polar surface area (TPSA) is 88.2 Å². The molecule has 1 heterocycles. The number of aliphatic hydroxyl groups is 1. The van der Waals surface area contributed by atoms with Crippen molar-refractivity contribution in [3.63, 3.8) is 0 Å². The number of carbonyl (C=O) groups is 1. The van der Waals surface area contributed by atoms with Crippen molar-refractivity contribution in [3.05, 3.63) is 76.1 Å². The van der Waals surface area contributed by atoms with Gasteiger partial charge in [0.1, 0.15) is 0 Å². The van der Waals surface area contributed by atoms with Crippen molar-refractivity contribution < 1.29 is 33.2 Å². The number of aliphatic hydroxyl groups excluding tert-OH is 1. The molecule has 3 aromatic rings. The van der Waals surface area contributed by atoms with Crippen molar-refractivity contribution >= 4 is 28.1 Å². The van der Waals surface area contributed by atoms with Crippen molar-refractivity contribution in [1.29, 1.82) is 0 Å². The van der Waals surface area contributed by atoms with Crippen molar-refractivity contribution in [2.75, 3.05) is 11.1 Å². The van der Waals surface area contributed by atoms with Crippen LogP contribution < -0.4 is 11.1 Å². The molecule has 29 heavy (non-hydrogen) atoms. The van der Waals surface area contributed by atoms with Crippen LogP contribution in [-0.4, -0.2) is 16.0 Å². The number of rotatable bonds is 9. The minimum Gasteiger partial charge on any atom is -0.388 e. The van der Waals surface area contributed by atoms with E-state index in [0.29, 0.717) is 11.3 Å². The summed E-state index contributed by atoms with van der Waals surface area (Å²) in [5.74, 6) is -1.56. The fourth-order valence-corrected chi connectivity index (χ4v) is 2.34. The third-order valence-corrected chi connectivity index (χ3v) is 3.81. The maximum absolute atomic E-state index is 12.8. The van der Waals surface area contributed by atoms with Crippen LogP contribution in [-0.2, 0) is 17.5 Å². The second-order valence-corrected chi connectivity index (χ2v) is 6.28. The summed E-state index contributed by atoms with van der Waals surface area (Å²) in [6, 6.07) is -7.39. The monoisotopic (exact) mass is 426 g/mol. The number of aromatic nitrogens is 1. The van der Waals surface area contributed by atoms with E-state index >= 15 is 0 Å². The average Bonchev–Trinajstić information content (AvgIpc) is 3.29. The van der Waals surface area contributed by atoms with Crippen LogP contribution in [0, 0.1) is 6.92 Å². The highest BCUT2D eigenvalue weighted by atomic mass is 32.1. The molecule has 0 aliphatic heterocycles. The number of benzene rings is 2. The van der Waals surface area contributed by atoms with Gasteiger partial charge in [-0.25, -0.2) is 4.98 Å². The van der Waals surface area contributed by atoms with Gasteiger partial charge < -0.3 is 16.2 Å². The number of hydrogen-bond acceptors (Lipinski definition) is 5. The van der Waals surface area contributed by atoms with Crippen LogP contribution >= 0.6 is 11.3 Å². The van der Waals surface area contributed by atoms with Crippen molar-refractivity contribution in [2.24, 2.45) is 0 Å². The molecule has 1 atom stereocenters. The number of nitrogen functional groups attached to an aromatic ring is 1. The first-order valence-corrected chi connectivity index (χ1v) is 8.96. The number of nitrogens with two attached hydrogens (primary N) is 1. The van der Waals surface area contributed by atoms with Crippen LogP contribution in [0.4, 0.5) is 10.8 Å². The Hall–Kier alpha value is -2.70. The van der Waals surface area contributed by atoms with Crippen molar-refractivity contribution in [2.45, 2.75) is 44.9 Å². The van der Waals surface area contributed by atoms with Gasteiger partial charge in [0.05, 0.1) is 30.5 Å². The normalized spacial score (nSPS) is 22.3. The van der Waals surface area contributed by atoms with E-state index in [1.165, 1.54) is 6.92 Å². The number of amides is 1. The number of thiazole rings is 1. The molecule has 1 amide bonds. The zero-order chi connectivity index (χ0) is 35.6. The minimum absolute atomic E-state index is 0.0914. The van der Waals surface area contributed by atoms with Crippen LogP contribution in [0.3, 0.4) is 0 Å². The second kappa shape index (κ2) is 10.2. The van der Waals surface area contributed by atoms with E-state index in [2.05, 4.69) is 4.98 Å². The molecule has 0 radical (unpaired) electrons. The SMILES string of the molecule is [2H]c1sc(N)nc1C([2H])([2H])C(=O)Nc1c([2H])c([2H])c(C([2H])([2H])C([2H])([2H])CC([2H])([2H])[C@H](O)c2c([2H])c([2H])c(C)c([2H])c2[2H])c([2H])c1[2H]. The van der Waals surface area contributed by atoms with E-state index in [4.69, 9.17) is 29.0 Å². The van der Waals surface area contributed by atoms with Gasteiger partial charge in [0.15, 0.2) is 5.13 Å². The van der Waals surface area contributed by atoms with Gasteiger partial charge in [-0.1, -0.05) is 48.2 Å². The third kappa shape index (κ3) is 6.69. The Morgan fingerprint density at radius 2 is 2.00 bits per heavy atom. The van der Waals surface area contributed by atoms with E-state index < -0.39 is 120 Å². The molecule has 0 aliphatic rings. The van der Waals surface area contributed by atoms with Gasteiger partial charge in [0.2, 0.25) is 5.91 Å². The lowest BCUT2D eigenvalue weighted by molar-refractivity contribution is -0.115. The van der Waals surface area contributed by atoms with Gasteiger partial charge in [-0.2, -0.15) is 0 Å². The lowest BCUT2D eigenvalue weighted by atomic mass is 10.0. The summed E-state index contributed by atoms with van der Waals surface area (Å²) in [7, 11) is 0. The molecule has 0 saturated heterocycles. The summed E-state index contributed by atoms with van der Waals surface area (Å²) < 4.78 is 140. The first kappa shape index (κ1) is 8.20. The molecular formula is C23H27N3O2S. The van der Waals surface area contributed by atoms with Crippen LogP contribution in [0.2, 0.25) is 0 Å². The molecule has 1 aromatic heterocycles. The summed E-state index contributed by atoms with van der Waals surface area (Å²) in [5.41, 5.74) is 1.79. The van der Waals surface area contributed by atoms with Crippen molar-refractivity contribution in [3.8, 4) is 0 Å². The molecule has 3 rings (SSSR count). The van der Waals surface area contributed by atoms with Crippen LogP contribution in [0.5, 0.6) is 0 Å². The van der Waals surface area contributed by atoms with E-state index in [1.54, 1.807) is 0 Å². The average molecular weight is 427 g/mol. The molecule has 0 spiro atoms. The summed E-state index contributed by atoms with van der Waals surface area (Å²) in [5, 5.41) is 12.0. The molecule has 0 aliphatic carbocycles. The zero-order valence-electron chi connectivity index (χ0n) is 32.1. The molecule has 5 nitrogen and oxygen atoms in total. The van der Waals surface area contributed by atoms with Gasteiger partial charge in [-0.15, -0.1) is 11.3 Å². The number of nitrogens with zero attached hydrogens (tertiary/aromatic N) is 1. The molecule has 6 heteroatoms. The Kier molecular flexibility index (Phi) is 2.88. The first-order chi connectivity index (χ1) is 20.7. The van der Waals surface area contributed by atoms with Crippen LogP contribution in [0.25, 0.3) is 0 Å². The number of anilines is 2. The maximum atomic E-state index is 12.8. The van der Waals surface area contributed by atoms with E-state index in [9.17, 15) is 9.90 Å². The molecule has 0 bridgehead atoms.